The minimum atomic E-state index is -0.397. The molecule has 96 valence electrons. The molecule has 1 aliphatic rings. The zero-order chi connectivity index (χ0) is 12.4. The first-order chi connectivity index (χ1) is 7.29. The van der Waals surface area contributed by atoms with E-state index < -0.39 is 5.60 Å². The Morgan fingerprint density at radius 3 is 2.44 bits per heavy atom. The quantitative estimate of drug-likeness (QED) is 0.756. The maximum absolute atomic E-state index is 11.0. The summed E-state index contributed by atoms with van der Waals surface area (Å²) in [4.78, 5) is 0. The van der Waals surface area contributed by atoms with Gasteiger partial charge < -0.3 is 5.11 Å². The predicted octanol–water partition coefficient (Wildman–Crippen LogP) is 4.39. The predicted molar refractivity (Wildman–Crippen MR) is 70.4 cm³/mol. The highest BCUT2D eigenvalue weighted by molar-refractivity contribution is 4.96. The Morgan fingerprint density at radius 2 is 1.94 bits per heavy atom. The largest absolute Gasteiger partial charge is 0.390 e. The second-order valence-electron chi connectivity index (χ2n) is 6.99. The summed E-state index contributed by atoms with van der Waals surface area (Å²) in [7, 11) is 0. The zero-order valence-electron chi connectivity index (χ0n) is 11.8. The SMILES string of the molecule is CCC(C)CC1(O)CCCCC1C(C)(C)C. The molecule has 16 heavy (non-hydrogen) atoms. The molecular formula is C15H30O. The standard InChI is InChI=1S/C15H30O/c1-6-12(2)11-15(16)10-8-7-9-13(15)14(3,4)5/h12-13,16H,6-11H2,1-5H3. The molecular weight excluding hydrogens is 196 g/mol. The molecule has 0 spiro atoms. The van der Waals surface area contributed by atoms with Crippen molar-refractivity contribution >= 4 is 0 Å². The van der Waals surface area contributed by atoms with Crippen molar-refractivity contribution in [2.24, 2.45) is 17.3 Å². The summed E-state index contributed by atoms with van der Waals surface area (Å²) < 4.78 is 0. The van der Waals surface area contributed by atoms with E-state index in [1.807, 2.05) is 0 Å². The fourth-order valence-electron chi connectivity index (χ4n) is 3.45. The molecule has 1 rings (SSSR count). The number of rotatable bonds is 3. The molecule has 1 aliphatic carbocycles. The van der Waals surface area contributed by atoms with Crippen LogP contribution in [0.15, 0.2) is 0 Å². The molecule has 1 nitrogen and oxygen atoms in total. The van der Waals surface area contributed by atoms with Crippen molar-refractivity contribution in [2.45, 2.75) is 78.7 Å². The normalized spacial score (nSPS) is 33.8. The second kappa shape index (κ2) is 5.08. The van der Waals surface area contributed by atoms with E-state index in [1.54, 1.807) is 0 Å². The molecule has 0 amide bonds. The third-order valence-corrected chi connectivity index (χ3v) is 4.45. The number of aliphatic hydroxyl groups is 1. The first-order valence-electron chi connectivity index (χ1n) is 7.02. The molecule has 1 N–H and O–H groups in total. The van der Waals surface area contributed by atoms with Crippen molar-refractivity contribution in [3.05, 3.63) is 0 Å². The van der Waals surface area contributed by atoms with Gasteiger partial charge in [-0.1, -0.05) is 53.9 Å². The van der Waals surface area contributed by atoms with Gasteiger partial charge >= 0.3 is 0 Å². The summed E-state index contributed by atoms with van der Waals surface area (Å²) in [6.07, 6.45) is 6.89. The Bertz CT molecular complexity index is 216. The molecule has 0 bridgehead atoms. The van der Waals surface area contributed by atoms with Gasteiger partial charge in [0.2, 0.25) is 0 Å². The molecule has 0 aromatic carbocycles. The van der Waals surface area contributed by atoms with Crippen molar-refractivity contribution in [1.29, 1.82) is 0 Å². The van der Waals surface area contributed by atoms with Crippen LogP contribution in [0.1, 0.15) is 73.1 Å². The van der Waals surface area contributed by atoms with Crippen molar-refractivity contribution in [2.75, 3.05) is 0 Å². The smallest absolute Gasteiger partial charge is 0.0683 e. The van der Waals surface area contributed by atoms with Crippen LogP contribution in [-0.2, 0) is 0 Å². The fourth-order valence-corrected chi connectivity index (χ4v) is 3.45. The monoisotopic (exact) mass is 226 g/mol. The Labute approximate surface area is 102 Å². The van der Waals surface area contributed by atoms with Gasteiger partial charge in [-0.2, -0.15) is 0 Å². The molecule has 3 atom stereocenters. The summed E-state index contributed by atoms with van der Waals surface area (Å²) in [5, 5.41) is 11.0. The third kappa shape index (κ3) is 3.23. The fraction of sp³-hybridized carbons (Fsp3) is 1.00. The van der Waals surface area contributed by atoms with E-state index in [1.165, 1.54) is 25.7 Å². The summed E-state index contributed by atoms with van der Waals surface area (Å²) in [6.45, 7) is 11.3. The molecule has 0 aromatic heterocycles. The Hall–Kier alpha value is -0.0400. The van der Waals surface area contributed by atoms with Gasteiger partial charge in [0.25, 0.3) is 0 Å². The van der Waals surface area contributed by atoms with Crippen LogP contribution < -0.4 is 0 Å². The van der Waals surface area contributed by atoms with Crippen LogP contribution in [-0.4, -0.2) is 10.7 Å². The van der Waals surface area contributed by atoms with E-state index >= 15 is 0 Å². The van der Waals surface area contributed by atoms with Gasteiger partial charge in [0.05, 0.1) is 5.60 Å². The van der Waals surface area contributed by atoms with Gasteiger partial charge in [-0.3, -0.25) is 0 Å². The highest BCUT2D eigenvalue weighted by Crippen LogP contribution is 2.47. The van der Waals surface area contributed by atoms with Crippen LogP contribution in [0.2, 0.25) is 0 Å². The Morgan fingerprint density at radius 1 is 1.31 bits per heavy atom. The van der Waals surface area contributed by atoms with Gasteiger partial charge in [0.15, 0.2) is 0 Å². The van der Waals surface area contributed by atoms with E-state index in [-0.39, 0.29) is 5.41 Å². The van der Waals surface area contributed by atoms with E-state index in [0.29, 0.717) is 11.8 Å². The van der Waals surface area contributed by atoms with Gasteiger partial charge in [0, 0.05) is 0 Å². The minimum Gasteiger partial charge on any atom is -0.390 e. The van der Waals surface area contributed by atoms with E-state index in [2.05, 4.69) is 34.6 Å². The van der Waals surface area contributed by atoms with Gasteiger partial charge in [-0.25, -0.2) is 0 Å². The van der Waals surface area contributed by atoms with E-state index in [9.17, 15) is 5.11 Å². The van der Waals surface area contributed by atoms with Crippen molar-refractivity contribution in [1.82, 2.24) is 0 Å². The number of hydrogen-bond donors (Lipinski definition) is 1. The van der Waals surface area contributed by atoms with Crippen LogP contribution >= 0.6 is 0 Å². The average Bonchev–Trinajstić information content (AvgIpc) is 2.15. The van der Waals surface area contributed by atoms with Crippen molar-refractivity contribution < 1.29 is 5.11 Å². The maximum atomic E-state index is 11.0. The molecule has 0 radical (unpaired) electrons. The molecule has 0 heterocycles. The lowest BCUT2D eigenvalue weighted by atomic mass is 9.61. The molecule has 0 saturated heterocycles. The Balaban J connectivity index is 2.79. The molecule has 3 unspecified atom stereocenters. The van der Waals surface area contributed by atoms with Crippen LogP contribution in [0.4, 0.5) is 0 Å². The van der Waals surface area contributed by atoms with Crippen LogP contribution in [0.25, 0.3) is 0 Å². The van der Waals surface area contributed by atoms with Crippen molar-refractivity contribution in [3.8, 4) is 0 Å². The molecule has 1 saturated carbocycles. The Kier molecular flexibility index (Phi) is 4.45. The van der Waals surface area contributed by atoms with Gasteiger partial charge in [-0.15, -0.1) is 0 Å². The molecule has 0 aromatic rings. The molecule has 1 heteroatoms. The first-order valence-corrected chi connectivity index (χ1v) is 7.02. The highest BCUT2D eigenvalue weighted by atomic mass is 16.3. The van der Waals surface area contributed by atoms with Gasteiger partial charge in [0.1, 0.15) is 0 Å². The minimum absolute atomic E-state index is 0.239. The molecule has 1 fully saturated rings. The lowest BCUT2D eigenvalue weighted by Crippen LogP contribution is -2.47. The molecule has 0 aliphatic heterocycles. The first kappa shape index (κ1) is 14.0. The number of hydrogen-bond acceptors (Lipinski definition) is 1. The lowest BCUT2D eigenvalue weighted by Gasteiger charge is -2.48. The van der Waals surface area contributed by atoms with Crippen LogP contribution in [0.3, 0.4) is 0 Å². The topological polar surface area (TPSA) is 20.2 Å². The van der Waals surface area contributed by atoms with Crippen molar-refractivity contribution in [3.63, 3.8) is 0 Å². The van der Waals surface area contributed by atoms with Crippen LogP contribution in [0, 0.1) is 17.3 Å². The zero-order valence-corrected chi connectivity index (χ0v) is 11.8. The van der Waals surface area contributed by atoms with E-state index in [0.717, 1.165) is 12.8 Å². The summed E-state index contributed by atoms with van der Waals surface area (Å²) >= 11 is 0. The lowest BCUT2D eigenvalue weighted by molar-refractivity contribution is -0.103. The highest BCUT2D eigenvalue weighted by Gasteiger charge is 2.44. The maximum Gasteiger partial charge on any atom is 0.0683 e. The van der Waals surface area contributed by atoms with Gasteiger partial charge in [-0.05, 0) is 36.5 Å². The summed E-state index contributed by atoms with van der Waals surface area (Å²) in [5.41, 5.74) is -0.158. The van der Waals surface area contributed by atoms with Crippen LogP contribution in [0.5, 0.6) is 0 Å². The van der Waals surface area contributed by atoms with E-state index in [4.69, 9.17) is 0 Å². The third-order valence-electron chi connectivity index (χ3n) is 4.45. The summed E-state index contributed by atoms with van der Waals surface area (Å²) in [6, 6.07) is 0. The second-order valence-corrected chi connectivity index (χ2v) is 6.99. The average molecular weight is 226 g/mol. The summed E-state index contributed by atoms with van der Waals surface area (Å²) in [5.74, 6) is 1.12.